The lowest BCUT2D eigenvalue weighted by Crippen LogP contribution is -2.31. The zero-order valence-electron chi connectivity index (χ0n) is 10.8. The maximum absolute atomic E-state index is 11.1. The number of ether oxygens (including phenoxy) is 1. The van der Waals surface area contributed by atoms with E-state index >= 15 is 0 Å². The monoisotopic (exact) mass is 334 g/mol. The standard InChI is InChI=1S/C15H15BrN2O2/c16-13-2-1-3-14(9-13)20-10-12-6-4-11(5-7-12)8-15(19)18-17/h1-7,9H,8,10,17H2,(H,18,19). The second-order valence-corrected chi connectivity index (χ2v) is 5.22. The Kier molecular flexibility index (Phi) is 5.15. The average molecular weight is 335 g/mol. The van der Waals surface area contributed by atoms with Crippen LogP contribution in [-0.2, 0) is 17.8 Å². The van der Waals surface area contributed by atoms with Crippen molar-refractivity contribution in [3.05, 3.63) is 64.1 Å². The minimum atomic E-state index is -0.205. The fourth-order valence-corrected chi connectivity index (χ4v) is 2.09. The number of carbonyl (C=O) groups excluding carboxylic acids is 1. The molecule has 0 bridgehead atoms. The molecule has 0 spiro atoms. The molecule has 2 rings (SSSR count). The quantitative estimate of drug-likeness (QED) is 0.501. The van der Waals surface area contributed by atoms with Gasteiger partial charge in [0, 0.05) is 4.47 Å². The van der Waals surface area contributed by atoms with E-state index in [1.54, 1.807) is 0 Å². The fraction of sp³-hybridized carbons (Fsp3) is 0.133. The van der Waals surface area contributed by atoms with Crippen molar-refractivity contribution in [3.8, 4) is 5.75 Å². The van der Waals surface area contributed by atoms with Crippen LogP contribution in [0.5, 0.6) is 5.75 Å². The van der Waals surface area contributed by atoms with Gasteiger partial charge in [-0.25, -0.2) is 5.84 Å². The summed E-state index contributed by atoms with van der Waals surface area (Å²) in [5.41, 5.74) is 4.07. The lowest BCUT2D eigenvalue weighted by atomic mass is 10.1. The predicted octanol–water partition coefficient (Wildman–Crippen LogP) is 2.56. The Hall–Kier alpha value is -1.85. The lowest BCUT2D eigenvalue weighted by Gasteiger charge is -2.07. The van der Waals surface area contributed by atoms with E-state index in [1.165, 1.54) is 0 Å². The first kappa shape index (κ1) is 14.6. The topological polar surface area (TPSA) is 64.3 Å². The van der Waals surface area contributed by atoms with Crippen molar-refractivity contribution in [2.24, 2.45) is 5.84 Å². The maximum Gasteiger partial charge on any atom is 0.238 e. The van der Waals surface area contributed by atoms with E-state index in [9.17, 15) is 4.79 Å². The van der Waals surface area contributed by atoms with Gasteiger partial charge in [0.2, 0.25) is 5.91 Å². The van der Waals surface area contributed by atoms with Crippen molar-refractivity contribution < 1.29 is 9.53 Å². The molecule has 3 N–H and O–H groups in total. The molecule has 0 fully saturated rings. The number of rotatable bonds is 5. The summed E-state index contributed by atoms with van der Waals surface area (Å²) in [5.74, 6) is 5.66. The van der Waals surface area contributed by atoms with Crippen LogP contribution in [0.25, 0.3) is 0 Å². The smallest absolute Gasteiger partial charge is 0.238 e. The van der Waals surface area contributed by atoms with E-state index in [-0.39, 0.29) is 12.3 Å². The Bertz CT molecular complexity index is 585. The number of benzene rings is 2. The predicted molar refractivity (Wildman–Crippen MR) is 81.0 cm³/mol. The van der Waals surface area contributed by atoms with Gasteiger partial charge in [0.15, 0.2) is 0 Å². The molecule has 0 atom stereocenters. The largest absolute Gasteiger partial charge is 0.489 e. The van der Waals surface area contributed by atoms with Gasteiger partial charge in [-0.05, 0) is 29.3 Å². The lowest BCUT2D eigenvalue weighted by molar-refractivity contribution is -0.120. The van der Waals surface area contributed by atoms with Crippen LogP contribution in [0.4, 0.5) is 0 Å². The third-order valence-corrected chi connectivity index (χ3v) is 3.24. The van der Waals surface area contributed by atoms with E-state index in [2.05, 4.69) is 21.4 Å². The maximum atomic E-state index is 11.1. The second kappa shape index (κ2) is 7.07. The zero-order valence-corrected chi connectivity index (χ0v) is 12.4. The summed E-state index contributed by atoms with van der Waals surface area (Å²) in [6, 6.07) is 15.4. The minimum Gasteiger partial charge on any atom is -0.489 e. The molecule has 104 valence electrons. The van der Waals surface area contributed by atoms with Gasteiger partial charge < -0.3 is 4.74 Å². The van der Waals surface area contributed by atoms with Crippen LogP contribution >= 0.6 is 15.9 Å². The van der Waals surface area contributed by atoms with Gasteiger partial charge >= 0.3 is 0 Å². The highest BCUT2D eigenvalue weighted by Gasteiger charge is 2.02. The van der Waals surface area contributed by atoms with Crippen molar-refractivity contribution in [2.45, 2.75) is 13.0 Å². The molecule has 20 heavy (non-hydrogen) atoms. The molecule has 0 heterocycles. The highest BCUT2D eigenvalue weighted by molar-refractivity contribution is 9.10. The van der Waals surface area contributed by atoms with Crippen LogP contribution < -0.4 is 16.0 Å². The molecule has 4 nitrogen and oxygen atoms in total. The number of hydrogen-bond acceptors (Lipinski definition) is 3. The molecule has 0 unspecified atom stereocenters. The summed E-state index contributed by atoms with van der Waals surface area (Å²) in [4.78, 5) is 11.1. The fourth-order valence-electron chi connectivity index (χ4n) is 1.71. The second-order valence-electron chi connectivity index (χ2n) is 4.31. The third-order valence-electron chi connectivity index (χ3n) is 2.75. The van der Waals surface area contributed by atoms with Crippen LogP contribution in [0.15, 0.2) is 53.0 Å². The van der Waals surface area contributed by atoms with E-state index < -0.39 is 0 Å². The number of carbonyl (C=O) groups is 1. The molecule has 0 aliphatic heterocycles. The Morgan fingerprint density at radius 2 is 1.85 bits per heavy atom. The van der Waals surface area contributed by atoms with E-state index in [0.29, 0.717) is 6.61 Å². The molecular formula is C15H15BrN2O2. The summed E-state index contributed by atoms with van der Waals surface area (Å²) in [6.07, 6.45) is 0.281. The van der Waals surface area contributed by atoms with Gasteiger partial charge in [-0.3, -0.25) is 10.2 Å². The average Bonchev–Trinajstić information content (AvgIpc) is 2.46. The zero-order chi connectivity index (χ0) is 14.4. The first-order valence-electron chi connectivity index (χ1n) is 6.13. The van der Waals surface area contributed by atoms with E-state index in [0.717, 1.165) is 21.3 Å². The van der Waals surface area contributed by atoms with Crippen molar-refractivity contribution in [1.29, 1.82) is 0 Å². The van der Waals surface area contributed by atoms with Crippen molar-refractivity contribution in [2.75, 3.05) is 0 Å². The third kappa shape index (κ3) is 4.36. The highest BCUT2D eigenvalue weighted by Crippen LogP contribution is 2.19. The van der Waals surface area contributed by atoms with Crippen molar-refractivity contribution in [1.82, 2.24) is 5.43 Å². The van der Waals surface area contributed by atoms with Gasteiger partial charge in [-0.2, -0.15) is 0 Å². The molecule has 0 saturated heterocycles. The number of hydrazine groups is 1. The van der Waals surface area contributed by atoms with Gasteiger partial charge in [-0.1, -0.05) is 46.3 Å². The highest BCUT2D eigenvalue weighted by atomic mass is 79.9. The molecule has 0 radical (unpaired) electrons. The number of halogens is 1. The Balaban J connectivity index is 1.92. The van der Waals surface area contributed by atoms with Gasteiger partial charge in [0.05, 0.1) is 6.42 Å². The van der Waals surface area contributed by atoms with Gasteiger partial charge in [-0.15, -0.1) is 0 Å². The Morgan fingerprint density at radius 3 is 2.50 bits per heavy atom. The van der Waals surface area contributed by atoms with Gasteiger partial charge in [0.1, 0.15) is 12.4 Å². The molecule has 5 heteroatoms. The summed E-state index contributed by atoms with van der Waals surface area (Å²) in [6.45, 7) is 0.486. The molecule has 0 aliphatic rings. The molecule has 2 aromatic rings. The van der Waals surface area contributed by atoms with Crippen LogP contribution in [0.1, 0.15) is 11.1 Å². The van der Waals surface area contributed by atoms with E-state index in [4.69, 9.17) is 10.6 Å². The van der Waals surface area contributed by atoms with Crippen LogP contribution in [0.2, 0.25) is 0 Å². The first-order valence-corrected chi connectivity index (χ1v) is 6.92. The molecule has 0 aliphatic carbocycles. The van der Waals surface area contributed by atoms with Crippen molar-refractivity contribution >= 4 is 21.8 Å². The molecule has 0 aromatic heterocycles. The molecule has 1 amide bonds. The van der Waals surface area contributed by atoms with Crippen LogP contribution in [0.3, 0.4) is 0 Å². The Morgan fingerprint density at radius 1 is 1.15 bits per heavy atom. The number of nitrogens with two attached hydrogens (primary N) is 1. The normalized spacial score (nSPS) is 10.1. The summed E-state index contributed by atoms with van der Waals surface area (Å²) < 4.78 is 6.67. The molecular weight excluding hydrogens is 320 g/mol. The minimum absolute atomic E-state index is 0.205. The number of amides is 1. The summed E-state index contributed by atoms with van der Waals surface area (Å²) in [5, 5.41) is 0. The first-order chi connectivity index (χ1) is 9.67. The summed E-state index contributed by atoms with van der Waals surface area (Å²) in [7, 11) is 0. The molecule has 0 saturated carbocycles. The van der Waals surface area contributed by atoms with Crippen molar-refractivity contribution in [3.63, 3.8) is 0 Å². The molecule has 2 aromatic carbocycles. The summed E-state index contributed by atoms with van der Waals surface area (Å²) >= 11 is 3.40. The van der Waals surface area contributed by atoms with Crippen LogP contribution in [-0.4, -0.2) is 5.91 Å². The van der Waals surface area contributed by atoms with Gasteiger partial charge in [0.25, 0.3) is 0 Å². The van der Waals surface area contributed by atoms with E-state index in [1.807, 2.05) is 48.5 Å². The Labute approximate surface area is 126 Å². The number of hydrogen-bond donors (Lipinski definition) is 2. The SMILES string of the molecule is NNC(=O)Cc1ccc(COc2cccc(Br)c2)cc1. The van der Waals surface area contributed by atoms with Crippen LogP contribution in [0, 0.1) is 0 Å². The number of nitrogens with one attached hydrogen (secondary N) is 1.